The Hall–Kier alpha value is -1.83. The van der Waals surface area contributed by atoms with Crippen molar-refractivity contribution < 1.29 is 9.53 Å². The van der Waals surface area contributed by atoms with Crippen LogP contribution in [-0.4, -0.2) is 64.1 Å². The number of aryl methyl sites for hydroxylation is 1. The number of thiazole rings is 1. The van der Waals surface area contributed by atoms with Crippen LogP contribution in [0.5, 0.6) is 0 Å². The van der Waals surface area contributed by atoms with E-state index in [0.717, 1.165) is 37.7 Å². The van der Waals surface area contributed by atoms with E-state index in [0.29, 0.717) is 12.2 Å². The molecular weight excluding hydrogens is 336 g/mol. The second kappa shape index (κ2) is 7.19. The third kappa shape index (κ3) is 3.58. The van der Waals surface area contributed by atoms with Gasteiger partial charge in [0.2, 0.25) is 0 Å². The fourth-order valence-electron chi connectivity index (χ4n) is 3.67. The summed E-state index contributed by atoms with van der Waals surface area (Å²) in [4.78, 5) is 25.6. The molecule has 6 nitrogen and oxygen atoms in total. The predicted molar refractivity (Wildman–Crippen MR) is 95.5 cm³/mol. The second-order valence-electron chi connectivity index (χ2n) is 6.59. The molecule has 132 valence electrons. The number of morpholine rings is 1. The first-order chi connectivity index (χ1) is 12.2. The summed E-state index contributed by atoms with van der Waals surface area (Å²) in [5.74, 6) is 0.0391. The molecule has 2 aliphatic heterocycles. The van der Waals surface area contributed by atoms with Gasteiger partial charge in [-0.05, 0) is 31.0 Å². The van der Waals surface area contributed by atoms with Crippen molar-refractivity contribution in [1.82, 2.24) is 19.8 Å². The van der Waals surface area contributed by atoms with Crippen LogP contribution >= 0.6 is 11.3 Å². The van der Waals surface area contributed by atoms with Crippen LogP contribution in [0.3, 0.4) is 0 Å². The highest BCUT2D eigenvalue weighted by atomic mass is 32.1. The Balaban J connectivity index is 1.48. The van der Waals surface area contributed by atoms with Gasteiger partial charge in [0.05, 0.1) is 23.8 Å². The fourth-order valence-corrected chi connectivity index (χ4v) is 4.26. The Labute approximate surface area is 151 Å². The summed E-state index contributed by atoms with van der Waals surface area (Å²) >= 11 is 1.52. The first-order valence-electron chi connectivity index (χ1n) is 8.66. The number of ether oxygens (including phenoxy) is 1. The number of carbonyl (C=O) groups is 1. The summed E-state index contributed by atoms with van der Waals surface area (Å²) in [6.07, 6.45) is 4.74. The van der Waals surface area contributed by atoms with Crippen LogP contribution in [0.2, 0.25) is 0 Å². The van der Waals surface area contributed by atoms with Crippen molar-refractivity contribution in [3.8, 4) is 0 Å². The lowest BCUT2D eigenvalue weighted by atomic mass is 9.98. The Morgan fingerprint density at radius 3 is 2.96 bits per heavy atom. The molecule has 0 N–H and O–H groups in total. The number of hydrogen-bond acceptors (Lipinski definition) is 6. The molecule has 0 unspecified atom stereocenters. The largest absolute Gasteiger partial charge is 0.375 e. The molecule has 0 spiro atoms. The van der Waals surface area contributed by atoms with E-state index in [1.807, 2.05) is 41.7 Å². The van der Waals surface area contributed by atoms with Gasteiger partial charge >= 0.3 is 0 Å². The zero-order chi connectivity index (χ0) is 17.2. The van der Waals surface area contributed by atoms with E-state index in [-0.39, 0.29) is 18.1 Å². The molecule has 0 saturated carbocycles. The quantitative estimate of drug-likeness (QED) is 0.839. The van der Waals surface area contributed by atoms with Gasteiger partial charge in [-0.2, -0.15) is 0 Å². The Morgan fingerprint density at radius 2 is 2.20 bits per heavy atom. The minimum absolute atomic E-state index is 0.0391. The molecule has 2 atom stereocenters. The molecule has 1 amide bonds. The van der Waals surface area contributed by atoms with E-state index in [1.54, 1.807) is 0 Å². The molecule has 2 aromatic rings. The lowest BCUT2D eigenvalue weighted by Crippen LogP contribution is -2.60. The number of amides is 1. The maximum atomic E-state index is 12.8. The van der Waals surface area contributed by atoms with Gasteiger partial charge in [0.25, 0.3) is 5.91 Å². The van der Waals surface area contributed by atoms with Crippen molar-refractivity contribution in [3.63, 3.8) is 0 Å². The van der Waals surface area contributed by atoms with Crippen LogP contribution in [0.1, 0.15) is 27.5 Å². The second-order valence-corrected chi connectivity index (χ2v) is 7.66. The molecule has 0 bridgehead atoms. The van der Waals surface area contributed by atoms with Crippen LogP contribution in [0.4, 0.5) is 0 Å². The molecule has 2 aromatic heterocycles. The number of rotatable bonds is 3. The fraction of sp³-hybridized carbons (Fsp3) is 0.500. The van der Waals surface area contributed by atoms with Crippen LogP contribution in [0.25, 0.3) is 0 Å². The molecule has 4 rings (SSSR count). The van der Waals surface area contributed by atoms with Crippen molar-refractivity contribution in [2.75, 3.05) is 26.2 Å². The first-order valence-corrected chi connectivity index (χ1v) is 9.54. The average molecular weight is 358 g/mol. The van der Waals surface area contributed by atoms with Gasteiger partial charge in [-0.3, -0.25) is 14.7 Å². The SMILES string of the molecule is Cc1nc(C(=O)N2CC[C@H]3OCCN(Cc4ccncc4)[C@@H]3C2)cs1. The molecule has 2 fully saturated rings. The van der Waals surface area contributed by atoms with Crippen LogP contribution in [0.15, 0.2) is 29.9 Å². The first kappa shape index (κ1) is 16.6. The van der Waals surface area contributed by atoms with E-state index >= 15 is 0 Å². The Bertz CT molecular complexity index is 736. The molecule has 0 aromatic carbocycles. The normalized spacial score (nSPS) is 24.1. The number of piperidine rings is 1. The maximum absolute atomic E-state index is 12.8. The topological polar surface area (TPSA) is 58.6 Å². The maximum Gasteiger partial charge on any atom is 0.273 e. The van der Waals surface area contributed by atoms with E-state index in [4.69, 9.17) is 4.74 Å². The molecule has 4 heterocycles. The molecule has 2 saturated heterocycles. The third-order valence-corrected chi connectivity index (χ3v) is 5.73. The smallest absolute Gasteiger partial charge is 0.273 e. The van der Waals surface area contributed by atoms with Crippen molar-refractivity contribution in [2.24, 2.45) is 0 Å². The van der Waals surface area contributed by atoms with Crippen molar-refractivity contribution in [2.45, 2.75) is 32.0 Å². The van der Waals surface area contributed by atoms with Gasteiger partial charge in [0, 0.05) is 44.0 Å². The van der Waals surface area contributed by atoms with Crippen molar-refractivity contribution in [1.29, 1.82) is 0 Å². The van der Waals surface area contributed by atoms with E-state index in [1.165, 1.54) is 16.9 Å². The van der Waals surface area contributed by atoms with Gasteiger partial charge < -0.3 is 9.64 Å². The van der Waals surface area contributed by atoms with Crippen LogP contribution in [0, 0.1) is 6.92 Å². The summed E-state index contributed by atoms with van der Waals surface area (Å²) < 4.78 is 5.98. The van der Waals surface area contributed by atoms with Crippen molar-refractivity contribution >= 4 is 17.2 Å². The lowest BCUT2D eigenvalue weighted by Gasteiger charge is -2.47. The number of fused-ring (bicyclic) bond motifs is 1. The lowest BCUT2D eigenvalue weighted by molar-refractivity contribution is -0.101. The number of aromatic nitrogens is 2. The van der Waals surface area contributed by atoms with Gasteiger partial charge in [-0.25, -0.2) is 4.98 Å². The van der Waals surface area contributed by atoms with Gasteiger partial charge in [-0.15, -0.1) is 11.3 Å². The molecule has 7 heteroatoms. The molecular formula is C18H22N4O2S. The summed E-state index contributed by atoms with van der Waals surface area (Å²) in [6, 6.07) is 4.34. The number of nitrogens with zero attached hydrogens (tertiary/aromatic N) is 4. The van der Waals surface area contributed by atoms with E-state index in [2.05, 4.69) is 14.9 Å². The van der Waals surface area contributed by atoms with Gasteiger partial charge in [-0.1, -0.05) is 0 Å². The Morgan fingerprint density at radius 1 is 1.36 bits per heavy atom. The highest BCUT2D eigenvalue weighted by Crippen LogP contribution is 2.25. The standard InChI is InChI=1S/C18H22N4O2S/c1-13-20-15(12-25-13)18(23)22-7-4-17-16(11-22)21(8-9-24-17)10-14-2-5-19-6-3-14/h2-3,5-6,12,16-17H,4,7-11H2,1H3/t16-,17-/m1/s1. The summed E-state index contributed by atoms with van der Waals surface area (Å²) in [5, 5.41) is 2.79. The number of carbonyl (C=O) groups excluding carboxylic acids is 1. The van der Waals surface area contributed by atoms with Gasteiger partial charge in [0.15, 0.2) is 0 Å². The Kier molecular flexibility index (Phi) is 4.78. The number of hydrogen-bond donors (Lipinski definition) is 0. The zero-order valence-electron chi connectivity index (χ0n) is 14.3. The summed E-state index contributed by atoms with van der Waals surface area (Å²) in [7, 11) is 0. The average Bonchev–Trinajstić information content (AvgIpc) is 3.08. The predicted octanol–water partition coefficient (Wildman–Crippen LogP) is 1.96. The zero-order valence-corrected chi connectivity index (χ0v) is 15.1. The molecule has 0 radical (unpaired) electrons. The number of likely N-dealkylation sites (tertiary alicyclic amines) is 1. The van der Waals surface area contributed by atoms with E-state index in [9.17, 15) is 4.79 Å². The third-order valence-electron chi connectivity index (χ3n) is 4.96. The minimum atomic E-state index is 0.0391. The highest BCUT2D eigenvalue weighted by Gasteiger charge is 2.38. The highest BCUT2D eigenvalue weighted by molar-refractivity contribution is 7.09. The molecule has 0 aliphatic carbocycles. The monoisotopic (exact) mass is 358 g/mol. The molecule has 25 heavy (non-hydrogen) atoms. The van der Waals surface area contributed by atoms with Crippen molar-refractivity contribution in [3.05, 3.63) is 46.2 Å². The number of pyridine rings is 1. The van der Waals surface area contributed by atoms with Gasteiger partial charge in [0.1, 0.15) is 5.69 Å². The summed E-state index contributed by atoms with van der Waals surface area (Å²) in [6.45, 7) is 5.88. The summed E-state index contributed by atoms with van der Waals surface area (Å²) in [5.41, 5.74) is 1.81. The van der Waals surface area contributed by atoms with E-state index < -0.39 is 0 Å². The molecule has 2 aliphatic rings. The van der Waals surface area contributed by atoms with Crippen LogP contribution < -0.4 is 0 Å². The minimum Gasteiger partial charge on any atom is -0.375 e. The van der Waals surface area contributed by atoms with Crippen LogP contribution in [-0.2, 0) is 11.3 Å².